The van der Waals surface area contributed by atoms with Crippen LogP contribution in [0.2, 0.25) is 0 Å². The van der Waals surface area contributed by atoms with Gasteiger partial charge in [-0.1, -0.05) is 0 Å². The van der Waals surface area contributed by atoms with Crippen LogP contribution in [0.1, 0.15) is 6.42 Å². The minimum absolute atomic E-state index is 0.305. The molecule has 0 radical (unpaired) electrons. The number of hydrazine groups is 1. The van der Waals surface area contributed by atoms with Crippen molar-refractivity contribution in [1.29, 1.82) is 0 Å². The Morgan fingerprint density at radius 1 is 1.23 bits per heavy atom. The van der Waals surface area contributed by atoms with E-state index in [9.17, 15) is 0 Å². The molecule has 2 aliphatic heterocycles. The maximum absolute atomic E-state index is 5.55. The molecule has 2 fully saturated rings. The zero-order valence-corrected chi connectivity index (χ0v) is 17.5. The van der Waals surface area contributed by atoms with Crippen molar-refractivity contribution >= 4 is 22.5 Å². The van der Waals surface area contributed by atoms with Crippen LogP contribution in [0.5, 0.6) is 5.75 Å². The van der Waals surface area contributed by atoms with Crippen molar-refractivity contribution in [2.24, 2.45) is 0 Å². The highest BCUT2D eigenvalue weighted by atomic mass is 16.5. The highest BCUT2D eigenvalue weighted by Gasteiger charge is 2.20. The zero-order chi connectivity index (χ0) is 21.0. The molecule has 1 atom stereocenters. The molecule has 0 aliphatic carbocycles. The lowest BCUT2D eigenvalue weighted by Crippen LogP contribution is -2.40. The summed E-state index contributed by atoms with van der Waals surface area (Å²) in [4.78, 5) is 18.4. The lowest BCUT2D eigenvalue weighted by atomic mass is 10.2. The largest absolute Gasteiger partial charge is 0.494 e. The van der Waals surface area contributed by atoms with Crippen LogP contribution < -0.4 is 20.8 Å². The highest BCUT2D eigenvalue weighted by molar-refractivity contribution is 5.95. The van der Waals surface area contributed by atoms with Gasteiger partial charge in [-0.2, -0.15) is 0 Å². The first-order valence-electron chi connectivity index (χ1n) is 10.5. The number of pyridine rings is 2. The molecule has 5 heterocycles. The molecule has 2 aliphatic rings. The number of hydrogen-bond donors (Lipinski definition) is 3. The summed E-state index contributed by atoms with van der Waals surface area (Å²) in [5.74, 6) is 2.78. The van der Waals surface area contributed by atoms with Gasteiger partial charge in [-0.15, -0.1) is 0 Å². The van der Waals surface area contributed by atoms with E-state index in [2.05, 4.69) is 31.0 Å². The maximum Gasteiger partial charge on any atom is 0.162 e. The molecule has 0 unspecified atom stereocenters. The summed E-state index contributed by atoms with van der Waals surface area (Å²) in [7, 11) is 1.64. The van der Waals surface area contributed by atoms with Gasteiger partial charge in [0, 0.05) is 37.4 Å². The van der Waals surface area contributed by atoms with Gasteiger partial charge >= 0.3 is 0 Å². The van der Waals surface area contributed by atoms with Crippen LogP contribution in [0.4, 0.5) is 11.6 Å². The summed E-state index contributed by atoms with van der Waals surface area (Å²) in [6, 6.07) is 4.19. The van der Waals surface area contributed by atoms with Gasteiger partial charge in [0.1, 0.15) is 17.4 Å². The van der Waals surface area contributed by atoms with E-state index in [1.807, 2.05) is 12.1 Å². The molecule has 3 aromatic heterocycles. The van der Waals surface area contributed by atoms with Crippen molar-refractivity contribution in [2.45, 2.75) is 12.5 Å². The third-order valence-electron chi connectivity index (χ3n) is 5.49. The van der Waals surface area contributed by atoms with Gasteiger partial charge < -0.3 is 25.5 Å². The molecule has 0 amide bonds. The van der Waals surface area contributed by atoms with Gasteiger partial charge in [0.15, 0.2) is 5.82 Å². The van der Waals surface area contributed by atoms with Crippen LogP contribution >= 0.6 is 0 Å². The van der Waals surface area contributed by atoms with Crippen molar-refractivity contribution in [1.82, 2.24) is 30.3 Å². The zero-order valence-electron chi connectivity index (χ0n) is 17.5. The fourth-order valence-corrected chi connectivity index (χ4v) is 3.88. The number of nitrogens with one attached hydrogen (secondary N) is 3. The van der Waals surface area contributed by atoms with Gasteiger partial charge in [0.05, 0.1) is 43.6 Å². The molecule has 2 saturated heterocycles. The Morgan fingerprint density at radius 2 is 2.13 bits per heavy atom. The first-order chi connectivity index (χ1) is 15.3. The lowest BCUT2D eigenvalue weighted by molar-refractivity contribution is 0.0495. The van der Waals surface area contributed by atoms with Crippen LogP contribution in [-0.2, 0) is 4.74 Å². The molecule has 0 spiro atoms. The number of ether oxygens (including phenoxy) is 2. The van der Waals surface area contributed by atoms with Crippen molar-refractivity contribution < 1.29 is 9.47 Å². The van der Waals surface area contributed by atoms with E-state index < -0.39 is 0 Å². The predicted octanol–water partition coefficient (Wildman–Crippen LogP) is 1.53. The molecule has 0 bridgehead atoms. The van der Waals surface area contributed by atoms with E-state index in [1.54, 1.807) is 25.7 Å². The number of rotatable bonds is 6. The summed E-state index contributed by atoms with van der Waals surface area (Å²) in [5, 5.41) is 9.90. The smallest absolute Gasteiger partial charge is 0.162 e. The van der Waals surface area contributed by atoms with Crippen LogP contribution in [0, 0.1) is 0 Å². The molecular formula is C21H26N8O2. The summed E-state index contributed by atoms with van der Waals surface area (Å²) >= 11 is 0. The van der Waals surface area contributed by atoms with Gasteiger partial charge in [-0.3, -0.25) is 4.98 Å². The number of fused-ring (bicyclic) bond motifs is 1. The Bertz CT molecular complexity index is 1050. The Hall–Kier alpha value is -3.08. The Labute approximate surface area is 180 Å². The molecule has 31 heavy (non-hydrogen) atoms. The van der Waals surface area contributed by atoms with E-state index in [0.717, 1.165) is 60.7 Å². The normalized spacial score (nSPS) is 19.5. The van der Waals surface area contributed by atoms with Gasteiger partial charge in [-0.05, 0) is 25.1 Å². The van der Waals surface area contributed by atoms with E-state index in [0.29, 0.717) is 30.8 Å². The number of hydrogen-bond acceptors (Lipinski definition) is 10. The van der Waals surface area contributed by atoms with Gasteiger partial charge in [-0.25, -0.2) is 20.0 Å². The summed E-state index contributed by atoms with van der Waals surface area (Å²) in [6.07, 6.45) is 6.25. The number of nitrogens with zero attached hydrogens (tertiary/aromatic N) is 5. The average molecular weight is 422 g/mol. The van der Waals surface area contributed by atoms with E-state index in [4.69, 9.17) is 19.4 Å². The first-order valence-corrected chi connectivity index (χ1v) is 10.5. The highest BCUT2D eigenvalue weighted by Crippen LogP contribution is 2.32. The van der Waals surface area contributed by atoms with Gasteiger partial charge in [0.25, 0.3) is 0 Å². The first kappa shape index (κ1) is 19.9. The minimum atomic E-state index is 0.305. The average Bonchev–Trinajstić information content (AvgIpc) is 3.32. The van der Waals surface area contributed by atoms with Crippen LogP contribution in [0.25, 0.3) is 22.3 Å². The maximum atomic E-state index is 5.55. The molecule has 5 rings (SSSR count). The second-order valence-electron chi connectivity index (χ2n) is 7.61. The molecule has 10 heteroatoms. The van der Waals surface area contributed by atoms with Gasteiger partial charge in [0.2, 0.25) is 0 Å². The standard InChI is InChI=1S/C21H26N8O2/c1-30-17-13-23-12-16-19(17)21(25-15-3-4-22-11-15)27-20(26-16)14-2-5-24-18(10-14)28-29-6-8-31-9-7-29/h2,5,10,12-13,15,22H,3-4,6-9,11H2,1H3,(H,24,28)(H,25,26,27)/t15-/m1/s1. The lowest BCUT2D eigenvalue weighted by Gasteiger charge is -2.27. The Morgan fingerprint density at radius 3 is 2.94 bits per heavy atom. The number of methoxy groups -OCH3 is 1. The van der Waals surface area contributed by atoms with Crippen molar-refractivity contribution in [2.75, 3.05) is 57.2 Å². The van der Waals surface area contributed by atoms with Crippen LogP contribution in [0.3, 0.4) is 0 Å². The van der Waals surface area contributed by atoms with Crippen LogP contribution in [0.15, 0.2) is 30.7 Å². The van der Waals surface area contributed by atoms with Crippen molar-refractivity contribution in [3.63, 3.8) is 0 Å². The topological polar surface area (TPSA) is 109 Å². The minimum Gasteiger partial charge on any atom is -0.494 e. The quantitative estimate of drug-likeness (QED) is 0.541. The Kier molecular flexibility index (Phi) is 5.74. The molecule has 162 valence electrons. The fourth-order valence-electron chi connectivity index (χ4n) is 3.88. The summed E-state index contributed by atoms with van der Waals surface area (Å²) < 4.78 is 11.0. The second kappa shape index (κ2) is 8.96. The molecule has 0 saturated carbocycles. The van der Waals surface area contributed by atoms with E-state index >= 15 is 0 Å². The third kappa shape index (κ3) is 4.36. The van der Waals surface area contributed by atoms with E-state index in [-0.39, 0.29) is 0 Å². The molecule has 0 aromatic carbocycles. The molecule has 10 nitrogen and oxygen atoms in total. The van der Waals surface area contributed by atoms with Crippen molar-refractivity contribution in [3.8, 4) is 17.1 Å². The summed E-state index contributed by atoms with van der Waals surface area (Å²) in [6.45, 7) is 4.94. The number of morpholine rings is 1. The fraction of sp³-hybridized carbons (Fsp3) is 0.429. The second-order valence-corrected chi connectivity index (χ2v) is 7.61. The SMILES string of the molecule is COc1cncc2nc(-c3ccnc(NN4CCOCC4)c3)nc(N[C@@H]3CCNC3)c12. The van der Waals surface area contributed by atoms with E-state index in [1.165, 1.54) is 0 Å². The van der Waals surface area contributed by atoms with Crippen LogP contribution in [-0.4, -0.2) is 77.5 Å². The Balaban J connectivity index is 1.51. The number of anilines is 2. The molecule has 3 N–H and O–H groups in total. The molecule has 3 aromatic rings. The predicted molar refractivity (Wildman–Crippen MR) is 118 cm³/mol. The molecular weight excluding hydrogens is 396 g/mol. The third-order valence-corrected chi connectivity index (χ3v) is 5.49. The van der Waals surface area contributed by atoms with Crippen molar-refractivity contribution in [3.05, 3.63) is 30.7 Å². The summed E-state index contributed by atoms with van der Waals surface area (Å²) in [5.41, 5.74) is 4.96. The monoisotopic (exact) mass is 422 g/mol. The number of aromatic nitrogens is 4.